The van der Waals surface area contributed by atoms with Gasteiger partial charge in [-0.25, -0.2) is 0 Å². The first-order valence-corrected chi connectivity index (χ1v) is 5.40. The van der Waals surface area contributed by atoms with Crippen LogP contribution in [0, 0.1) is 6.92 Å². The van der Waals surface area contributed by atoms with Crippen molar-refractivity contribution in [2.75, 3.05) is 6.54 Å². The van der Waals surface area contributed by atoms with E-state index in [0.717, 1.165) is 31.0 Å². The number of hydrogen-bond acceptors (Lipinski definition) is 1. The molecule has 0 radical (unpaired) electrons. The molecule has 1 fully saturated rings. The summed E-state index contributed by atoms with van der Waals surface area (Å²) in [6, 6.07) is 4.51. The third kappa shape index (κ3) is 2.07. The number of alkyl halides is 3. The summed E-state index contributed by atoms with van der Waals surface area (Å²) < 4.78 is 38.1. The fourth-order valence-corrected chi connectivity index (χ4v) is 2.29. The minimum atomic E-state index is -4.25. The summed E-state index contributed by atoms with van der Waals surface area (Å²) in [5.74, 6) is 0. The van der Waals surface area contributed by atoms with Crippen molar-refractivity contribution in [2.24, 2.45) is 0 Å². The SMILES string of the molecule is Cc1c([C@@H]2CCCN2)cccc1C(F)(F)F. The Morgan fingerprint density at radius 3 is 2.62 bits per heavy atom. The highest BCUT2D eigenvalue weighted by Gasteiger charge is 2.33. The van der Waals surface area contributed by atoms with Crippen molar-refractivity contribution >= 4 is 0 Å². The Morgan fingerprint density at radius 1 is 1.31 bits per heavy atom. The molecule has 1 N–H and O–H groups in total. The first kappa shape index (κ1) is 11.5. The number of nitrogens with one attached hydrogen (secondary N) is 1. The smallest absolute Gasteiger partial charge is 0.310 e. The lowest BCUT2D eigenvalue weighted by Crippen LogP contribution is -2.16. The minimum absolute atomic E-state index is 0.0855. The molecule has 1 aliphatic heterocycles. The summed E-state index contributed by atoms with van der Waals surface area (Å²) in [6.07, 6.45) is -2.30. The molecule has 0 aromatic heterocycles. The Bertz CT molecular complexity index is 378. The minimum Gasteiger partial charge on any atom is -0.310 e. The molecule has 1 saturated heterocycles. The van der Waals surface area contributed by atoms with Crippen LogP contribution in [0.25, 0.3) is 0 Å². The topological polar surface area (TPSA) is 12.0 Å². The molecule has 0 aliphatic carbocycles. The average molecular weight is 229 g/mol. The predicted molar refractivity (Wildman–Crippen MR) is 56.2 cm³/mol. The van der Waals surface area contributed by atoms with Crippen LogP contribution in [0.2, 0.25) is 0 Å². The van der Waals surface area contributed by atoms with Gasteiger partial charge in [0.2, 0.25) is 0 Å². The molecule has 1 nitrogen and oxygen atoms in total. The lowest BCUT2D eigenvalue weighted by Gasteiger charge is -2.18. The molecule has 1 heterocycles. The van der Waals surface area contributed by atoms with Gasteiger partial charge in [0, 0.05) is 6.04 Å². The maximum absolute atomic E-state index is 12.7. The summed E-state index contributed by atoms with van der Waals surface area (Å²) in [5.41, 5.74) is 0.625. The molecule has 16 heavy (non-hydrogen) atoms. The zero-order valence-corrected chi connectivity index (χ0v) is 9.06. The van der Waals surface area contributed by atoms with Gasteiger partial charge in [-0.05, 0) is 43.5 Å². The van der Waals surface area contributed by atoms with Crippen molar-refractivity contribution in [3.8, 4) is 0 Å². The first-order valence-electron chi connectivity index (χ1n) is 5.40. The second kappa shape index (κ2) is 4.09. The number of benzene rings is 1. The van der Waals surface area contributed by atoms with Gasteiger partial charge in [0.1, 0.15) is 0 Å². The lowest BCUT2D eigenvalue weighted by atomic mass is 9.96. The van der Waals surface area contributed by atoms with Crippen LogP contribution in [0.15, 0.2) is 18.2 Å². The van der Waals surface area contributed by atoms with E-state index in [2.05, 4.69) is 5.32 Å². The Labute approximate surface area is 92.7 Å². The predicted octanol–water partition coefficient (Wildman–Crippen LogP) is 3.44. The molecule has 0 unspecified atom stereocenters. The standard InChI is InChI=1S/C12H14F3N/c1-8-9(11-6-3-7-16-11)4-2-5-10(8)12(13,14)15/h2,4-5,11,16H,3,6-7H2,1H3/t11-/m0/s1. The summed E-state index contributed by atoms with van der Waals surface area (Å²) in [7, 11) is 0. The van der Waals surface area contributed by atoms with Gasteiger partial charge in [0.05, 0.1) is 5.56 Å². The molecule has 1 aliphatic rings. The number of halogens is 3. The van der Waals surface area contributed by atoms with E-state index in [0.29, 0.717) is 5.56 Å². The van der Waals surface area contributed by atoms with E-state index in [1.807, 2.05) is 0 Å². The maximum atomic E-state index is 12.7. The quantitative estimate of drug-likeness (QED) is 0.777. The van der Waals surface area contributed by atoms with Crippen LogP contribution in [0.5, 0.6) is 0 Å². The number of hydrogen-bond donors (Lipinski definition) is 1. The zero-order chi connectivity index (χ0) is 11.8. The van der Waals surface area contributed by atoms with E-state index in [1.165, 1.54) is 6.07 Å². The summed E-state index contributed by atoms with van der Waals surface area (Å²) in [4.78, 5) is 0. The monoisotopic (exact) mass is 229 g/mol. The van der Waals surface area contributed by atoms with Gasteiger partial charge < -0.3 is 5.32 Å². The van der Waals surface area contributed by atoms with Gasteiger partial charge in [-0.1, -0.05) is 12.1 Å². The van der Waals surface area contributed by atoms with Crippen molar-refractivity contribution in [3.63, 3.8) is 0 Å². The Balaban J connectivity index is 2.40. The molecule has 0 bridgehead atoms. The van der Waals surface area contributed by atoms with E-state index in [-0.39, 0.29) is 6.04 Å². The highest BCUT2D eigenvalue weighted by atomic mass is 19.4. The molecule has 4 heteroatoms. The lowest BCUT2D eigenvalue weighted by molar-refractivity contribution is -0.138. The first-order chi connectivity index (χ1) is 7.50. The van der Waals surface area contributed by atoms with Gasteiger partial charge in [-0.2, -0.15) is 13.2 Å². The van der Waals surface area contributed by atoms with Crippen LogP contribution >= 0.6 is 0 Å². The van der Waals surface area contributed by atoms with Gasteiger partial charge in [0.15, 0.2) is 0 Å². The second-order valence-corrected chi connectivity index (χ2v) is 4.17. The normalized spacial score (nSPS) is 21.4. The molecule has 1 aromatic rings. The van der Waals surface area contributed by atoms with Crippen molar-refractivity contribution in [2.45, 2.75) is 32.0 Å². The van der Waals surface area contributed by atoms with E-state index in [4.69, 9.17) is 0 Å². The van der Waals surface area contributed by atoms with E-state index < -0.39 is 11.7 Å². The third-order valence-electron chi connectivity index (χ3n) is 3.12. The van der Waals surface area contributed by atoms with E-state index >= 15 is 0 Å². The maximum Gasteiger partial charge on any atom is 0.416 e. The van der Waals surface area contributed by atoms with Crippen LogP contribution < -0.4 is 5.32 Å². The molecular formula is C12H14F3N. The van der Waals surface area contributed by atoms with Crippen LogP contribution in [0.4, 0.5) is 13.2 Å². The Kier molecular flexibility index (Phi) is 2.93. The van der Waals surface area contributed by atoms with Crippen molar-refractivity contribution in [1.82, 2.24) is 5.32 Å². The molecule has 0 amide bonds. The average Bonchev–Trinajstić information content (AvgIpc) is 2.69. The summed E-state index contributed by atoms with van der Waals surface area (Å²) in [5, 5.41) is 3.23. The Morgan fingerprint density at radius 2 is 2.06 bits per heavy atom. The van der Waals surface area contributed by atoms with Crippen molar-refractivity contribution in [3.05, 3.63) is 34.9 Å². The molecule has 1 aromatic carbocycles. The van der Waals surface area contributed by atoms with Crippen molar-refractivity contribution in [1.29, 1.82) is 0 Å². The molecule has 0 spiro atoms. The van der Waals surface area contributed by atoms with Crippen LogP contribution in [-0.4, -0.2) is 6.54 Å². The largest absolute Gasteiger partial charge is 0.416 e. The molecule has 1 atom stereocenters. The third-order valence-corrected chi connectivity index (χ3v) is 3.12. The Hall–Kier alpha value is -1.03. The molecule has 88 valence electrons. The molecule has 0 saturated carbocycles. The fourth-order valence-electron chi connectivity index (χ4n) is 2.29. The van der Waals surface area contributed by atoms with Gasteiger partial charge in [-0.15, -0.1) is 0 Å². The van der Waals surface area contributed by atoms with Crippen LogP contribution in [0.1, 0.15) is 35.6 Å². The highest BCUT2D eigenvalue weighted by Crippen LogP contribution is 2.35. The van der Waals surface area contributed by atoms with Gasteiger partial charge >= 0.3 is 6.18 Å². The highest BCUT2D eigenvalue weighted by molar-refractivity contribution is 5.38. The van der Waals surface area contributed by atoms with Gasteiger partial charge in [0.25, 0.3) is 0 Å². The molecular weight excluding hydrogens is 215 g/mol. The van der Waals surface area contributed by atoms with Crippen molar-refractivity contribution < 1.29 is 13.2 Å². The van der Waals surface area contributed by atoms with E-state index in [9.17, 15) is 13.2 Å². The van der Waals surface area contributed by atoms with Crippen LogP contribution in [0.3, 0.4) is 0 Å². The summed E-state index contributed by atoms with van der Waals surface area (Å²) in [6.45, 7) is 2.44. The van der Waals surface area contributed by atoms with Crippen LogP contribution in [-0.2, 0) is 6.18 Å². The number of rotatable bonds is 1. The van der Waals surface area contributed by atoms with E-state index in [1.54, 1.807) is 13.0 Å². The second-order valence-electron chi connectivity index (χ2n) is 4.17. The summed E-state index contributed by atoms with van der Waals surface area (Å²) >= 11 is 0. The fraction of sp³-hybridized carbons (Fsp3) is 0.500. The molecule has 2 rings (SSSR count). The zero-order valence-electron chi connectivity index (χ0n) is 9.06. The van der Waals surface area contributed by atoms with Gasteiger partial charge in [-0.3, -0.25) is 0 Å².